The van der Waals surface area contributed by atoms with Gasteiger partial charge in [0.05, 0.1) is 17.1 Å². The van der Waals surface area contributed by atoms with Gasteiger partial charge in [-0.15, -0.1) is 0 Å². The molecule has 0 fully saturated rings. The second-order valence-corrected chi connectivity index (χ2v) is 6.81. The smallest absolute Gasteiger partial charge is 0.243 e. The zero-order chi connectivity index (χ0) is 19.9. The molecule has 0 radical (unpaired) electrons. The Hall–Kier alpha value is -3.21. The molecule has 0 aliphatic heterocycles. The zero-order valence-corrected chi connectivity index (χ0v) is 16.3. The fraction of sp³-hybridized carbons (Fsp3) is 0.261. The molecular formula is C23H25N3O2. The van der Waals surface area contributed by atoms with E-state index in [1.165, 1.54) is 0 Å². The predicted octanol–water partition coefficient (Wildman–Crippen LogP) is 3.95. The highest BCUT2D eigenvalue weighted by Gasteiger charge is 2.18. The molecule has 28 heavy (non-hydrogen) atoms. The Kier molecular flexibility index (Phi) is 6.37. The Morgan fingerprint density at radius 3 is 2.57 bits per heavy atom. The van der Waals surface area contributed by atoms with Crippen LogP contribution in [0.4, 0.5) is 0 Å². The van der Waals surface area contributed by atoms with E-state index in [0.717, 1.165) is 28.8 Å². The van der Waals surface area contributed by atoms with Gasteiger partial charge in [0, 0.05) is 19.0 Å². The number of carbonyl (C=O) groups is 2. The first kappa shape index (κ1) is 19.5. The number of carbonyl (C=O) groups excluding carboxylic acids is 2. The quantitative estimate of drug-likeness (QED) is 0.479. The summed E-state index contributed by atoms with van der Waals surface area (Å²) in [5.41, 5.74) is 2.85. The summed E-state index contributed by atoms with van der Waals surface area (Å²) in [6.45, 7) is 4.05. The van der Waals surface area contributed by atoms with Crippen LogP contribution in [0.3, 0.4) is 0 Å². The lowest BCUT2D eigenvalue weighted by atomic mass is 10.2. The second kappa shape index (κ2) is 9.13. The van der Waals surface area contributed by atoms with Gasteiger partial charge in [-0.25, -0.2) is 4.98 Å². The molecule has 0 bridgehead atoms. The highest BCUT2D eigenvalue weighted by Crippen LogP contribution is 2.22. The van der Waals surface area contributed by atoms with Crippen LogP contribution < -0.4 is 5.32 Å². The molecule has 3 rings (SSSR count). The van der Waals surface area contributed by atoms with Crippen LogP contribution in [0.5, 0.6) is 0 Å². The van der Waals surface area contributed by atoms with Crippen LogP contribution >= 0.6 is 0 Å². The molecule has 3 aromatic rings. The Morgan fingerprint density at radius 1 is 1.11 bits per heavy atom. The number of aromatic nitrogens is 2. The van der Waals surface area contributed by atoms with Crippen molar-refractivity contribution in [2.75, 3.05) is 6.54 Å². The molecule has 5 nitrogen and oxygen atoms in total. The number of nitrogens with zero attached hydrogens (tertiary/aromatic N) is 2. The van der Waals surface area contributed by atoms with Crippen LogP contribution in [0.25, 0.3) is 17.1 Å². The third-order valence-electron chi connectivity index (χ3n) is 4.75. The third kappa shape index (κ3) is 4.74. The SMILES string of the molecule is CC(=O)C(C)n1c(CCCNC(=O)/C=C\c2ccccc2)nc2ccccc21. The Labute approximate surface area is 165 Å². The first-order valence-electron chi connectivity index (χ1n) is 9.53. The van der Waals surface area contributed by atoms with Gasteiger partial charge in [-0.3, -0.25) is 9.59 Å². The molecule has 2 aromatic carbocycles. The van der Waals surface area contributed by atoms with Gasteiger partial charge in [-0.05, 0) is 44.0 Å². The highest BCUT2D eigenvalue weighted by molar-refractivity contribution is 5.91. The maximum Gasteiger partial charge on any atom is 0.243 e. The lowest BCUT2D eigenvalue weighted by Gasteiger charge is -2.15. The molecule has 0 saturated carbocycles. The fourth-order valence-corrected chi connectivity index (χ4v) is 3.14. The molecule has 144 valence electrons. The van der Waals surface area contributed by atoms with Gasteiger partial charge in [0.2, 0.25) is 5.91 Å². The molecule has 1 aromatic heterocycles. The first-order chi connectivity index (χ1) is 13.6. The van der Waals surface area contributed by atoms with E-state index in [9.17, 15) is 9.59 Å². The molecule has 1 unspecified atom stereocenters. The van der Waals surface area contributed by atoms with Gasteiger partial charge >= 0.3 is 0 Å². The summed E-state index contributed by atoms with van der Waals surface area (Å²) in [5, 5.41) is 2.90. The van der Waals surface area contributed by atoms with E-state index in [4.69, 9.17) is 4.98 Å². The van der Waals surface area contributed by atoms with Crippen LogP contribution in [0.1, 0.15) is 37.7 Å². The van der Waals surface area contributed by atoms with E-state index in [1.54, 1.807) is 19.1 Å². The second-order valence-electron chi connectivity index (χ2n) is 6.81. The lowest BCUT2D eigenvalue weighted by Crippen LogP contribution is -2.23. The highest BCUT2D eigenvalue weighted by atomic mass is 16.1. The molecular weight excluding hydrogens is 350 g/mol. The number of Topliss-reactive ketones (excluding diaryl/α,β-unsaturated/α-hetero) is 1. The third-order valence-corrected chi connectivity index (χ3v) is 4.75. The average Bonchev–Trinajstić information content (AvgIpc) is 3.08. The van der Waals surface area contributed by atoms with Crippen molar-refractivity contribution in [3.05, 3.63) is 72.1 Å². The number of para-hydroxylation sites is 2. The number of amides is 1. The van der Waals surface area contributed by atoms with Crippen molar-refractivity contribution in [3.63, 3.8) is 0 Å². The lowest BCUT2D eigenvalue weighted by molar-refractivity contribution is -0.119. The summed E-state index contributed by atoms with van der Waals surface area (Å²) in [5.74, 6) is 0.858. The van der Waals surface area contributed by atoms with Crippen LogP contribution in [-0.4, -0.2) is 27.8 Å². The Morgan fingerprint density at radius 2 is 1.82 bits per heavy atom. The van der Waals surface area contributed by atoms with Crippen LogP contribution in [-0.2, 0) is 16.0 Å². The van der Waals surface area contributed by atoms with Crippen LogP contribution in [0.2, 0.25) is 0 Å². The number of imidazole rings is 1. The molecule has 0 aliphatic rings. The van der Waals surface area contributed by atoms with E-state index in [0.29, 0.717) is 13.0 Å². The van der Waals surface area contributed by atoms with Gasteiger partial charge in [0.1, 0.15) is 5.82 Å². The van der Waals surface area contributed by atoms with Crippen molar-refractivity contribution in [1.29, 1.82) is 0 Å². The minimum absolute atomic E-state index is 0.101. The summed E-state index contributed by atoms with van der Waals surface area (Å²) in [6.07, 6.45) is 4.78. The molecule has 5 heteroatoms. The monoisotopic (exact) mass is 375 g/mol. The van der Waals surface area contributed by atoms with Crippen molar-refractivity contribution in [2.45, 2.75) is 32.7 Å². The normalized spacial score (nSPS) is 12.4. The van der Waals surface area contributed by atoms with Crippen LogP contribution in [0, 0.1) is 0 Å². The molecule has 1 N–H and O–H groups in total. The standard InChI is InChI=1S/C23H25N3O2/c1-17(18(2)27)26-21-12-7-6-11-20(21)25-22(26)13-8-16-24-23(28)15-14-19-9-4-3-5-10-19/h3-7,9-12,14-15,17H,8,13,16H2,1-2H3,(H,24,28)/b15-14-. The maximum absolute atomic E-state index is 12.0. The number of rotatable bonds is 8. The summed E-state index contributed by atoms with van der Waals surface area (Å²) in [7, 11) is 0. The van der Waals surface area contributed by atoms with Crippen molar-refractivity contribution >= 4 is 28.8 Å². The number of ketones is 1. The topological polar surface area (TPSA) is 64.0 Å². The van der Waals surface area contributed by atoms with Crippen molar-refractivity contribution in [3.8, 4) is 0 Å². The zero-order valence-electron chi connectivity index (χ0n) is 16.3. The minimum atomic E-state index is -0.259. The van der Waals surface area contributed by atoms with Gasteiger partial charge in [0.15, 0.2) is 5.78 Å². The van der Waals surface area contributed by atoms with Crippen molar-refractivity contribution < 1.29 is 9.59 Å². The van der Waals surface area contributed by atoms with E-state index < -0.39 is 0 Å². The number of nitrogens with one attached hydrogen (secondary N) is 1. The van der Waals surface area contributed by atoms with E-state index in [2.05, 4.69) is 5.32 Å². The minimum Gasteiger partial charge on any atom is -0.353 e. The summed E-state index contributed by atoms with van der Waals surface area (Å²) in [4.78, 5) is 28.6. The van der Waals surface area contributed by atoms with E-state index >= 15 is 0 Å². The first-order valence-corrected chi connectivity index (χ1v) is 9.53. The number of hydrogen-bond acceptors (Lipinski definition) is 3. The number of hydrogen-bond donors (Lipinski definition) is 1. The Balaban J connectivity index is 1.59. The van der Waals surface area contributed by atoms with E-state index in [-0.39, 0.29) is 17.7 Å². The molecule has 1 atom stereocenters. The van der Waals surface area contributed by atoms with Gasteiger partial charge in [-0.2, -0.15) is 0 Å². The molecule has 0 aliphatic carbocycles. The van der Waals surface area contributed by atoms with Gasteiger partial charge in [0.25, 0.3) is 0 Å². The largest absolute Gasteiger partial charge is 0.353 e. The summed E-state index contributed by atoms with van der Waals surface area (Å²) in [6, 6.07) is 17.3. The molecule has 0 spiro atoms. The summed E-state index contributed by atoms with van der Waals surface area (Å²) < 4.78 is 2.01. The van der Waals surface area contributed by atoms with Crippen molar-refractivity contribution in [2.24, 2.45) is 0 Å². The van der Waals surface area contributed by atoms with E-state index in [1.807, 2.05) is 66.1 Å². The molecule has 1 heterocycles. The summed E-state index contributed by atoms with van der Waals surface area (Å²) >= 11 is 0. The molecule has 1 amide bonds. The number of aryl methyl sites for hydroxylation is 1. The van der Waals surface area contributed by atoms with Gasteiger partial charge in [-0.1, -0.05) is 42.5 Å². The van der Waals surface area contributed by atoms with Gasteiger partial charge < -0.3 is 9.88 Å². The fourth-order valence-electron chi connectivity index (χ4n) is 3.14. The number of benzene rings is 2. The van der Waals surface area contributed by atoms with Crippen molar-refractivity contribution in [1.82, 2.24) is 14.9 Å². The van der Waals surface area contributed by atoms with Crippen LogP contribution in [0.15, 0.2) is 60.7 Å². The predicted molar refractivity (Wildman–Crippen MR) is 112 cm³/mol. The Bertz CT molecular complexity index is 990. The maximum atomic E-state index is 12.0. The number of fused-ring (bicyclic) bond motifs is 1. The average molecular weight is 375 g/mol. The molecule has 0 saturated heterocycles.